The van der Waals surface area contributed by atoms with Crippen LogP contribution in [0.4, 0.5) is 0 Å². The van der Waals surface area contributed by atoms with Gasteiger partial charge in [0.05, 0.1) is 40.1 Å². The molecule has 4 aromatic carbocycles. The molecule has 1 saturated heterocycles. The van der Waals surface area contributed by atoms with Crippen LogP contribution in [0.1, 0.15) is 29.2 Å². The molecule has 0 aliphatic carbocycles. The third kappa shape index (κ3) is 9.44. The predicted molar refractivity (Wildman–Crippen MR) is 177 cm³/mol. The Morgan fingerprint density at radius 3 is 1.52 bits per heavy atom. The summed E-state index contributed by atoms with van der Waals surface area (Å²) in [5, 5.41) is 0. The monoisotopic (exact) mass is 654 g/mol. The number of benzene rings is 4. The van der Waals surface area contributed by atoms with Gasteiger partial charge in [-0.15, -0.1) is 0 Å². The molecule has 0 N–H and O–H groups in total. The molecule has 9 heteroatoms. The van der Waals surface area contributed by atoms with E-state index >= 15 is 0 Å². The van der Waals surface area contributed by atoms with Gasteiger partial charge in [-0.2, -0.15) is 0 Å². The van der Waals surface area contributed by atoms with Gasteiger partial charge in [0.1, 0.15) is 24.9 Å². The van der Waals surface area contributed by atoms with Crippen molar-refractivity contribution in [2.75, 3.05) is 20.3 Å². The minimum Gasteiger partial charge on any atom is -0.465 e. The van der Waals surface area contributed by atoms with Crippen molar-refractivity contribution in [1.82, 2.24) is 0 Å². The molecule has 9 nitrogen and oxygen atoms in total. The van der Waals surface area contributed by atoms with Crippen LogP contribution in [-0.2, 0) is 69.2 Å². The number of ether oxygens (including phenoxy) is 7. The number of hydrogen-bond donors (Lipinski definition) is 0. The fourth-order valence-electron chi connectivity index (χ4n) is 5.53. The van der Waals surface area contributed by atoms with Crippen LogP contribution in [0.2, 0.25) is 0 Å². The summed E-state index contributed by atoms with van der Waals surface area (Å²) in [5.74, 6) is -3.38. The van der Waals surface area contributed by atoms with E-state index in [-0.39, 0.29) is 38.8 Å². The molecule has 1 aliphatic heterocycles. The first-order chi connectivity index (χ1) is 23.5. The fraction of sp³-hybridized carbons (Fsp3) is 0.333. The van der Waals surface area contributed by atoms with Crippen LogP contribution < -0.4 is 0 Å². The molecule has 0 saturated carbocycles. The van der Waals surface area contributed by atoms with E-state index in [2.05, 4.69) is 0 Å². The van der Waals surface area contributed by atoms with Crippen LogP contribution in [0.15, 0.2) is 121 Å². The minimum atomic E-state index is -2.19. The topological polar surface area (TPSA) is 98.8 Å². The first kappa shape index (κ1) is 35.1. The van der Waals surface area contributed by atoms with E-state index in [9.17, 15) is 9.59 Å². The molecule has 4 aromatic rings. The molecule has 252 valence electrons. The molecule has 0 amide bonds. The molecule has 1 heterocycles. The second-order valence-corrected chi connectivity index (χ2v) is 11.5. The van der Waals surface area contributed by atoms with E-state index < -0.39 is 42.8 Å². The van der Waals surface area contributed by atoms with Crippen LogP contribution in [0.3, 0.4) is 0 Å². The molecule has 0 bridgehead atoms. The highest BCUT2D eigenvalue weighted by atomic mass is 16.8. The van der Waals surface area contributed by atoms with Crippen molar-refractivity contribution in [3.8, 4) is 0 Å². The lowest BCUT2D eigenvalue weighted by Gasteiger charge is -2.50. The third-order valence-corrected chi connectivity index (χ3v) is 7.89. The standard InChI is InChI=1S/C39H42O9/c1-29(40)23-47-39(38(41)42-2)37(46-27-33-21-13-6-14-22-33)36(45-26-32-19-11-5-12-20-32)35(44-25-31-17-9-4-10-18-31)34(48-39)28-43-24-30-15-7-3-8-16-30/h3-22,34-37H,23-28H2,1-2H3/t34?,35-,36?,37?,39-/m1/s1. The van der Waals surface area contributed by atoms with Gasteiger partial charge in [-0.25, -0.2) is 4.79 Å². The second kappa shape index (κ2) is 17.8. The van der Waals surface area contributed by atoms with E-state index in [0.717, 1.165) is 22.3 Å². The van der Waals surface area contributed by atoms with Crippen molar-refractivity contribution in [2.45, 2.75) is 63.6 Å². The number of hydrogen-bond acceptors (Lipinski definition) is 9. The first-order valence-corrected chi connectivity index (χ1v) is 16.0. The van der Waals surface area contributed by atoms with Gasteiger partial charge in [-0.3, -0.25) is 4.79 Å². The summed E-state index contributed by atoms with van der Waals surface area (Å²) in [7, 11) is 1.23. The zero-order valence-electron chi connectivity index (χ0n) is 27.3. The summed E-state index contributed by atoms with van der Waals surface area (Å²) in [4.78, 5) is 26.2. The van der Waals surface area contributed by atoms with E-state index in [1.807, 2.05) is 121 Å². The number of Topliss-reactive ketones (excluding diaryl/α,β-unsaturated/α-hetero) is 1. The van der Waals surface area contributed by atoms with Crippen molar-refractivity contribution in [3.05, 3.63) is 144 Å². The van der Waals surface area contributed by atoms with Crippen molar-refractivity contribution in [2.24, 2.45) is 0 Å². The Labute approximate surface area is 281 Å². The number of rotatable bonds is 17. The molecule has 0 spiro atoms. The quantitative estimate of drug-likeness (QED) is 0.130. The van der Waals surface area contributed by atoms with E-state index in [1.165, 1.54) is 14.0 Å². The molecular weight excluding hydrogens is 612 g/mol. The summed E-state index contributed by atoms with van der Waals surface area (Å²) in [6, 6.07) is 38.6. The zero-order chi connectivity index (χ0) is 33.6. The average Bonchev–Trinajstić information content (AvgIpc) is 3.13. The van der Waals surface area contributed by atoms with Gasteiger partial charge in [0, 0.05) is 0 Å². The number of ketones is 1. The largest absolute Gasteiger partial charge is 0.465 e. The van der Waals surface area contributed by atoms with Crippen molar-refractivity contribution in [1.29, 1.82) is 0 Å². The lowest BCUT2D eigenvalue weighted by molar-refractivity contribution is -0.369. The number of carbonyl (C=O) groups is 2. The maximum Gasteiger partial charge on any atom is 0.369 e. The summed E-state index contributed by atoms with van der Waals surface area (Å²) in [6.45, 7) is 1.71. The van der Waals surface area contributed by atoms with Crippen LogP contribution in [-0.4, -0.2) is 62.3 Å². The lowest BCUT2D eigenvalue weighted by Crippen LogP contribution is -2.71. The Hall–Kier alpha value is -4.22. The van der Waals surface area contributed by atoms with Crippen molar-refractivity contribution < 1.29 is 42.7 Å². The van der Waals surface area contributed by atoms with Crippen molar-refractivity contribution in [3.63, 3.8) is 0 Å². The van der Waals surface area contributed by atoms with Crippen LogP contribution in [0.25, 0.3) is 0 Å². The van der Waals surface area contributed by atoms with Crippen molar-refractivity contribution >= 4 is 11.8 Å². The summed E-state index contributed by atoms with van der Waals surface area (Å²) < 4.78 is 44.0. The average molecular weight is 655 g/mol. The Morgan fingerprint density at radius 1 is 0.625 bits per heavy atom. The van der Waals surface area contributed by atoms with Gasteiger partial charge in [0.25, 0.3) is 5.79 Å². The van der Waals surface area contributed by atoms with Gasteiger partial charge in [0.15, 0.2) is 11.9 Å². The number of esters is 1. The smallest absolute Gasteiger partial charge is 0.369 e. The number of carbonyl (C=O) groups excluding carboxylic acids is 2. The molecule has 0 aromatic heterocycles. The third-order valence-electron chi connectivity index (χ3n) is 7.89. The molecule has 3 unspecified atom stereocenters. The molecule has 1 aliphatic rings. The summed E-state index contributed by atoms with van der Waals surface area (Å²) in [6.07, 6.45) is -3.87. The maximum atomic E-state index is 13.9. The number of methoxy groups -OCH3 is 1. The Balaban J connectivity index is 1.55. The molecule has 48 heavy (non-hydrogen) atoms. The van der Waals surface area contributed by atoms with E-state index in [4.69, 9.17) is 33.2 Å². The minimum absolute atomic E-state index is 0.00707. The maximum absolute atomic E-state index is 13.9. The highest BCUT2D eigenvalue weighted by Crippen LogP contribution is 2.39. The van der Waals surface area contributed by atoms with Gasteiger partial charge in [-0.05, 0) is 29.2 Å². The summed E-state index contributed by atoms with van der Waals surface area (Å²) in [5.41, 5.74) is 3.64. The molecule has 0 radical (unpaired) electrons. The predicted octanol–water partition coefficient (Wildman–Crippen LogP) is 5.83. The normalized spacial score (nSPS) is 22.2. The van der Waals surface area contributed by atoms with E-state index in [0.29, 0.717) is 0 Å². The van der Waals surface area contributed by atoms with Gasteiger partial charge < -0.3 is 33.2 Å². The fourth-order valence-corrected chi connectivity index (χ4v) is 5.53. The van der Waals surface area contributed by atoms with Crippen LogP contribution >= 0.6 is 0 Å². The zero-order valence-corrected chi connectivity index (χ0v) is 27.3. The molecule has 5 rings (SSSR count). The van der Waals surface area contributed by atoms with Gasteiger partial charge >= 0.3 is 5.97 Å². The Morgan fingerprint density at radius 2 is 1.06 bits per heavy atom. The second-order valence-electron chi connectivity index (χ2n) is 11.5. The molecule has 5 atom stereocenters. The first-order valence-electron chi connectivity index (χ1n) is 16.0. The highest BCUT2D eigenvalue weighted by molar-refractivity contribution is 5.81. The Kier molecular flexibility index (Phi) is 13.0. The molecule has 1 fully saturated rings. The van der Waals surface area contributed by atoms with E-state index in [1.54, 1.807) is 0 Å². The molecular formula is C39H42O9. The lowest BCUT2D eigenvalue weighted by atomic mass is 9.91. The van der Waals surface area contributed by atoms with Crippen LogP contribution in [0.5, 0.6) is 0 Å². The highest BCUT2D eigenvalue weighted by Gasteiger charge is 2.63. The van der Waals surface area contributed by atoms with Crippen LogP contribution in [0, 0.1) is 0 Å². The SMILES string of the molecule is COC(=O)[C@]1(OCC(C)=O)OC(COCc2ccccc2)[C@@H](OCc2ccccc2)C(OCc2ccccc2)C1OCc1ccccc1. The van der Waals surface area contributed by atoms with Gasteiger partial charge in [-0.1, -0.05) is 121 Å². The summed E-state index contributed by atoms with van der Waals surface area (Å²) >= 11 is 0. The van der Waals surface area contributed by atoms with Gasteiger partial charge in [0.2, 0.25) is 0 Å². The Bertz CT molecular complexity index is 1540.